The number of nitrogens with one attached hydrogen (secondary N) is 1. The second-order valence-corrected chi connectivity index (χ2v) is 6.53. The molecule has 1 aromatic heterocycles. The number of aliphatic carboxylic acids is 1. The SMILES string of the molecule is CS(=O)(=O)CCC(NC(=O)/N=c1\ccccn1O)C(=O)O. The fourth-order valence-electron chi connectivity index (χ4n) is 1.39. The van der Waals surface area contributed by atoms with Gasteiger partial charge in [-0.1, -0.05) is 6.07 Å². The van der Waals surface area contributed by atoms with Crippen LogP contribution in [0.1, 0.15) is 6.42 Å². The smallest absolute Gasteiger partial charge is 0.343 e. The Hall–Kier alpha value is -2.36. The molecule has 0 radical (unpaired) electrons. The van der Waals surface area contributed by atoms with Crippen LogP contribution in [0.2, 0.25) is 0 Å². The van der Waals surface area contributed by atoms with Gasteiger partial charge in [0.05, 0.1) is 5.75 Å². The lowest BCUT2D eigenvalue weighted by Crippen LogP contribution is -2.41. The molecule has 0 aromatic carbocycles. The van der Waals surface area contributed by atoms with Crippen molar-refractivity contribution in [2.45, 2.75) is 12.5 Å². The molecule has 10 heteroatoms. The van der Waals surface area contributed by atoms with Crippen LogP contribution in [0, 0.1) is 0 Å². The third-order valence-corrected chi connectivity index (χ3v) is 3.38. The summed E-state index contributed by atoms with van der Waals surface area (Å²) in [5, 5.41) is 20.4. The van der Waals surface area contributed by atoms with Crippen LogP contribution in [0.15, 0.2) is 29.4 Å². The number of carbonyl (C=O) groups is 2. The number of nitrogens with zero attached hydrogens (tertiary/aromatic N) is 2. The van der Waals surface area contributed by atoms with E-state index in [0.29, 0.717) is 4.73 Å². The van der Waals surface area contributed by atoms with Crippen LogP contribution < -0.4 is 10.8 Å². The number of carbonyl (C=O) groups excluding carboxylic acids is 1. The lowest BCUT2D eigenvalue weighted by atomic mass is 10.2. The minimum Gasteiger partial charge on any atom is -0.480 e. The Balaban J connectivity index is 2.81. The number of sulfone groups is 1. The molecule has 0 aliphatic heterocycles. The molecular weight excluding hydrogens is 302 g/mol. The summed E-state index contributed by atoms with van der Waals surface area (Å²) in [6, 6.07) is 1.99. The van der Waals surface area contributed by atoms with E-state index >= 15 is 0 Å². The maximum atomic E-state index is 11.6. The van der Waals surface area contributed by atoms with E-state index in [1.807, 2.05) is 0 Å². The molecule has 3 N–H and O–H groups in total. The highest BCUT2D eigenvalue weighted by atomic mass is 32.2. The zero-order valence-corrected chi connectivity index (χ0v) is 11.9. The van der Waals surface area contributed by atoms with E-state index in [9.17, 15) is 23.2 Å². The normalized spacial score (nSPS) is 13.7. The Bertz CT molecular complexity index is 694. The van der Waals surface area contributed by atoms with Crippen molar-refractivity contribution in [3.63, 3.8) is 0 Å². The number of carboxylic acids is 1. The molecule has 1 aromatic rings. The third-order valence-electron chi connectivity index (χ3n) is 2.41. The summed E-state index contributed by atoms with van der Waals surface area (Å²) in [4.78, 5) is 26.0. The predicted molar refractivity (Wildman–Crippen MR) is 71.5 cm³/mol. The summed E-state index contributed by atoms with van der Waals surface area (Å²) < 4.78 is 22.6. The Morgan fingerprint density at radius 3 is 2.62 bits per heavy atom. The summed E-state index contributed by atoms with van der Waals surface area (Å²) in [7, 11) is -3.34. The number of urea groups is 1. The molecule has 0 fully saturated rings. The van der Waals surface area contributed by atoms with Crippen molar-refractivity contribution in [2.24, 2.45) is 4.99 Å². The number of hydrogen-bond acceptors (Lipinski definition) is 5. The zero-order chi connectivity index (χ0) is 16.0. The highest BCUT2D eigenvalue weighted by Crippen LogP contribution is 1.97. The summed E-state index contributed by atoms with van der Waals surface area (Å²) in [6.45, 7) is 0. The van der Waals surface area contributed by atoms with Gasteiger partial charge in [0, 0.05) is 12.5 Å². The van der Waals surface area contributed by atoms with E-state index in [1.165, 1.54) is 24.4 Å². The lowest BCUT2D eigenvalue weighted by Gasteiger charge is -2.11. The van der Waals surface area contributed by atoms with E-state index in [4.69, 9.17) is 5.11 Å². The van der Waals surface area contributed by atoms with Gasteiger partial charge in [0.1, 0.15) is 15.9 Å². The van der Waals surface area contributed by atoms with Crippen molar-refractivity contribution < 1.29 is 28.3 Å². The average Bonchev–Trinajstić information content (AvgIpc) is 2.36. The van der Waals surface area contributed by atoms with Crippen LogP contribution in [-0.2, 0) is 14.6 Å². The molecule has 0 saturated heterocycles. The fourth-order valence-corrected chi connectivity index (χ4v) is 2.05. The third kappa shape index (κ3) is 6.08. The maximum absolute atomic E-state index is 11.6. The van der Waals surface area contributed by atoms with Gasteiger partial charge in [0.25, 0.3) is 0 Å². The van der Waals surface area contributed by atoms with E-state index in [0.717, 1.165) is 6.26 Å². The first kappa shape index (κ1) is 16.7. The average molecular weight is 317 g/mol. The van der Waals surface area contributed by atoms with Crippen LogP contribution in [0.4, 0.5) is 4.79 Å². The van der Waals surface area contributed by atoms with Crippen LogP contribution in [0.3, 0.4) is 0 Å². The molecule has 0 saturated carbocycles. The molecule has 0 spiro atoms. The largest absolute Gasteiger partial charge is 0.480 e. The summed E-state index contributed by atoms with van der Waals surface area (Å²) in [5.41, 5.74) is -0.0951. The standard InChI is InChI=1S/C11H15N3O6S/c1-21(19,20)7-5-8(10(15)16)12-11(17)13-9-4-2-3-6-14(9)18/h2-4,6,8,18H,5,7H2,1H3,(H,12,17)(H,15,16)/b13-9+. The molecule has 1 atom stereocenters. The fraction of sp³-hybridized carbons (Fsp3) is 0.364. The number of amides is 2. The molecule has 0 aliphatic carbocycles. The summed E-state index contributed by atoms with van der Waals surface area (Å²) in [6.07, 6.45) is 1.94. The van der Waals surface area contributed by atoms with Gasteiger partial charge in [0.15, 0.2) is 5.49 Å². The van der Waals surface area contributed by atoms with Crippen LogP contribution >= 0.6 is 0 Å². The molecular formula is C11H15N3O6S. The van der Waals surface area contributed by atoms with E-state index < -0.39 is 27.9 Å². The molecule has 0 bridgehead atoms. The molecule has 116 valence electrons. The molecule has 21 heavy (non-hydrogen) atoms. The van der Waals surface area contributed by atoms with Crippen molar-refractivity contribution in [1.82, 2.24) is 10.0 Å². The van der Waals surface area contributed by atoms with Crippen molar-refractivity contribution in [3.05, 3.63) is 29.9 Å². The van der Waals surface area contributed by atoms with Crippen molar-refractivity contribution >= 4 is 21.8 Å². The maximum Gasteiger partial charge on any atom is 0.343 e. The minimum absolute atomic E-state index is 0.0951. The summed E-state index contributed by atoms with van der Waals surface area (Å²) >= 11 is 0. The lowest BCUT2D eigenvalue weighted by molar-refractivity contribution is -0.139. The van der Waals surface area contributed by atoms with Gasteiger partial charge in [-0.15, -0.1) is 0 Å². The van der Waals surface area contributed by atoms with Gasteiger partial charge in [-0.3, -0.25) is 0 Å². The van der Waals surface area contributed by atoms with Crippen LogP contribution in [0.5, 0.6) is 0 Å². The van der Waals surface area contributed by atoms with E-state index in [2.05, 4.69) is 10.3 Å². The summed E-state index contributed by atoms with van der Waals surface area (Å²) in [5.74, 6) is -1.75. The molecule has 1 unspecified atom stereocenters. The first-order valence-corrected chi connectivity index (χ1v) is 7.88. The predicted octanol–water partition coefficient (Wildman–Crippen LogP) is -0.776. The van der Waals surface area contributed by atoms with E-state index in [1.54, 1.807) is 0 Å². The molecule has 0 aliphatic rings. The van der Waals surface area contributed by atoms with Gasteiger partial charge >= 0.3 is 12.0 Å². The minimum atomic E-state index is -3.34. The van der Waals surface area contributed by atoms with Crippen LogP contribution in [-0.4, -0.2) is 53.5 Å². The first-order valence-electron chi connectivity index (χ1n) is 5.82. The molecule has 9 nitrogen and oxygen atoms in total. The Morgan fingerprint density at radius 2 is 2.10 bits per heavy atom. The Labute approximate surface area is 120 Å². The Kier molecular flexibility index (Phi) is 5.47. The number of aromatic nitrogens is 1. The second kappa shape index (κ2) is 6.88. The number of hydrogen-bond donors (Lipinski definition) is 3. The highest BCUT2D eigenvalue weighted by Gasteiger charge is 2.21. The number of rotatable bonds is 5. The van der Waals surface area contributed by atoms with Crippen LogP contribution in [0.25, 0.3) is 0 Å². The molecule has 1 heterocycles. The van der Waals surface area contributed by atoms with Gasteiger partial charge < -0.3 is 15.6 Å². The Morgan fingerprint density at radius 1 is 1.43 bits per heavy atom. The number of carboxylic acid groups (broad SMARTS) is 1. The highest BCUT2D eigenvalue weighted by molar-refractivity contribution is 7.90. The number of pyridine rings is 1. The monoisotopic (exact) mass is 317 g/mol. The van der Waals surface area contributed by atoms with Gasteiger partial charge in [-0.05, 0) is 18.6 Å². The molecule has 1 rings (SSSR count). The van der Waals surface area contributed by atoms with Crippen molar-refractivity contribution in [1.29, 1.82) is 0 Å². The first-order chi connectivity index (χ1) is 9.69. The topological polar surface area (TPSA) is 138 Å². The van der Waals surface area contributed by atoms with Crippen molar-refractivity contribution in [2.75, 3.05) is 12.0 Å². The second-order valence-electron chi connectivity index (χ2n) is 4.27. The van der Waals surface area contributed by atoms with Gasteiger partial charge in [0.2, 0.25) is 0 Å². The van der Waals surface area contributed by atoms with Crippen molar-refractivity contribution in [3.8, 4) is 0 Å². The molecule has 2 amide bonds. The van der Waals surface area contributed by atoms with E-state index in [-0.39, 0.29) is 17.7 Å². The zero-order valence-electron chi connectivity index (χ0n) is 11.1. The van der Waals surface area contributed by atoms with Gasteiger partial charge in [-0.25, -0.2) is 18.0 Å². The van der Waals surface area contributed by atoms with Gasteiger partial charge in [-0.2, -0.15) is 9.72 Å². The quantitative estimate of drug-likeness (QED) is 0.609.